The predicted octanol–water partition coefficient (Wildman–Crippen LogP) is 3.66. The zero-order chi connectivity index (χ0) is 16.5. The van der Waals surface area contributed by atoms with Gasteiger partial charge in [-0.1, -0.05) is 6.07 Å². The van der Waals surface area contributed by atoms with Crippen LogP contribution in [0, 0.1) is 13.5 Å². The van der Waals surface area contributed by atoms with Gasteiger partial charge in [0.1, 0.15) is 6.54 Å². The molecule has 0 aliphatic carbocycles. The first-order valence-electron chi connectivity index (χ1n) is 6.63. The molecule has 1 heterocycles. The fourth-order valence-electron chi connectivity index (χ4n) is 2.45. The van der Waals surface area contributed by atoms with Crippen molar-refractivity contribution in [3.8, 4) is 0 Å². The summed E-state index contributed by atoms with van der Waals surface area (Å²) >= 11 is 0. The Morgan fingerprint density at radius 3 is 2.64 bits per heavy atom. The molecule has 7 heteroatoms. The highest BCUT2D eigenvalue weighted by molar-refractivity contribution is 5.91. The number of hydrogen-bond donors (Lipinski definition) is 1. The van der Waals surface area contributed by atoms with Crippen molar-refractivity contribution in [2.24, 2.45) is 0 Å². The second-order valence-corrected chi connectivity index (χ2v) is 4.83. The second-order valence-electron chi connectivity index (χ2n) is 4.83. The summed E-state index contributed by atoms with van der Waals surface area (Å²) in [6.07, 6.45) is -4.62. The normalized spacial score (nSPS) is 11.5. The number of rotatable bonds is 3. The highest BCUT2D eigenvalue weighted by atomic mass is 19.4. The number of nitrogens with one attached hydrogen (secondary N) is 1. The molecular formula is C15H14F3N3O. The summed E-state index contributed by atoms with van der Waals surface area (Å²) in [6, 6.07) is 3.96. The third kappa shape index (κ3) is 2.77. The van der Waals surface area contributed by atoms with Gasteiger partial charge in [0.25, 0.3) is 0 Å². The van der Waals surface area contributed by atoms with Crippen molar-refractivity contribution in [2.45, 2.75) is 26.6 Å². The van der Waals surface area contributed by atoms with Crippen molar-refractivity contribution in [3.63, 3.8) is 0 Å². The Labute approximate surface area is 125 Å². The standard InChI is InChI=1S/C15H14F3N3O/c1-4-20-13(22)8-21-9(2)7-10-12(21)6-5-11(19-3)14(10)15(16,17)18/h5-7H,4,8H2,1-2H3,(H,20,22). The average molecular weight is 309 g/mol. The number of likely N-dealkylation sites (N-methyl/N-ethyl adjacent to an activating group) is 1. The molecule has 2 aromatic rings. The molecule has 2 rings (SSSR count). The van der Waals surface area contributed by atoms with Crippen molar-refractivity contribution in [2.75, 3.05) is 6.54 Å². The monoisotopic (exact) mass is 309 g/mol. The molecule has 0 saturated heterocycles. The molecule has 0 spiro atoms. The summed E-state index contributed by atoms with van der Waals surface area (Å²) in [5.41, 5.74) is -0.551. The van der Waals surface area contributed by atoms with Crippen LogP contribution in [0.1, 0.15) is 18.2 Å². The Bertz CT molecular complexity index is 769. The lowest BCUT2D eigenvalue weighted by atomic mass is 10.1. The summed E-state index contributed by atoms with van der Waals surface area (Å²) in [5.74, 6) is -0.272. The molecule has 1 amide bonds. The number of alkyl halides is 3. The highest BCUT2D eigenvalue weighted by Crippen LogP contribution is 2.42. The van der Waals surface area contributed by atoms with Crippen molar-refractivity contribution < 1.29 is 18.0 Å². The average Bonchev–Trinajstić information content (AvgIpc) is 2.73. The number of carbonyl (C=O) groups excluding carboxylic acids is 1. The van der Waals surface area contributed by atoms with Crippen molar-refractivity contribution >= 4 is 22.5 Å². The number of benzene rings is 1. The highest BCUT2D eigenvalue weighted by Gasteiger charge is 2.36. The number of nitrogens with zero attached hydrogens (tertiary/aromatic N) is 2. The molecule has 0 unspecified atom stereocenters. The molecule has 1 N–H and O–H groups in total. The van der Waals surface area contributed by atoms with E-state index in [4.69, 9.17) is 6.57 Å². The lowest BCUT2D eigenvalue weighted by Gasteiger charge is -2.12. The molecule has 0 bridgehead atoms. The fraction of sp³-hybridized carbons (Fsp3) is 0.333. The second kappa shape index (κ2) is 5.72. The third-order valence-electron chi connectivity index (χ3n) is 3.35. The van der Waals surface area contributed by atoms with E-state index >= 15 is 0 Å². The van der Waals surface area contributed by atoms with Gasteiger partial charge in [-0.2, -0.15) is 13.2 Å². The molecule has 22 heavy (non-hydrogen) atoms. The summed E-state index contributed by atoms with van der Waals surface area (Å²) < 4.78 is 41.3. The van der Waals surface area contributed by atoms with Crippen LogP contribution in [0.3, 0.4) is 0 Å². The molecule has 0 aliphatic rings. The smallest absolute Gasteiger partial charge is 0.355 e. The van der Waals surface area contributed by atoms with E-state index in [9.17, 15) is 18.0 Å². The fourth-order valence-corrected chi connectivity index (χ4v) is 2.45. The van der Waals surface area contributed by atoms with Gasteiger partial charge < -0.3 is 9.88 Å². The van der Waals surface area contributed by atoms with E-state index in [-0.39, 0.29) is 17.8 Å². The zero-order valence-corrected chi connectivity index (χ0v) is 12.1. The van der Waals surface area contributed by atoms with Crippen LogP contribution >= 0.6 is 0 Å². The summed E-state index contributed by atoms with van der Waals surface area (Å²) in [7, 11) is 0. The van der Waals surface area contributed by atoms with Crippen molar-refractivity contribution in [1.82, 2.24) is 9.88 Å². The number of aryl methyl sites for hydroxylation is 1. The minimum Gasteiger partial charge on any atom is -0.355 e. The van der Waals surface area contributed by atoms with Crippen molar-refractivity contribution in [3.05, 3.63) is 40.9 Å². The van der Waals surface area contributed by atoms with Gasteiger partial charge in [0.15, 0.2) is 5.69 Å². The maximum absolute atomic E-state index is 13.3. The molecule has 1 aromatic carbocycles. The third-order valence-corrected chi connectivity index (χ3v) is 3.35. The van der Waals surface area contributed by atoms with Gasteiger partial charge in [-0.25, -0.2) is 4.85 Å². The van der Waals surface area contributed by atoms with Crippen LogP contribution in [0.2, 0.25) is 0 Å². The van der Waals surface area contributed by atoms with Gasteiger partial charge >= 0.3 is 6.18 Å². The minimum absolute atomic E-state index is 0.0530. The van der Waals surface area contributed by atoms with E-state index in [1.807, 2.05) is 0 Å². The Balaban J connectivity index is 2.66. The summed E-state index contributed by atoms with van der Waals surface area (Å²) in [4.78, 5) is 14.7. The Hall–Kier alpha value is -2.49. The number of hydrogen-bond acceptors (Lipinski definition) is 1. The lowest BCUT2D eigenvalue weighted by Crippen LogP contribution is -2.27. The van der Waals surface area contributed by atoms with Crippen LogP contribution in [0.5, 0.6) is 0 Å². The predicted molar refractivity (Wildman–Crippen MR) is 76.6 cm³/mol. The number of fused-ring (bicyclic) bond motifs is 1. The number of aromatic nitrogens is 1. The SMILES string of the molecule is [C-]#[N+]c1ccc2c(cc(C)n2CC(=O)NCC)c1C(F)(F)F. The van der Waals surface area contributed by atoms with E-state index in [0.29, 0.717) is 17.8 Å². The van der Waals surface area contributed by atoms with E-state index in [0.717, 1.165) is 6.07 Å². The van der Waals surface area contributed by atoms with Crippen LogP contribution in [0.25, 0.3) is 15.7 Å². The topological polar surface area (TPSA) is 38.4 Å². The first-order chi connectivity index (χ1) is 10.3. The van der Waals surface area contributed by atoms with E-state index < -0.39 is 17.4 Å². The quantitative estimate of drug-likeness (QED) is 0.864. The molecule has 0 aliphatic heterocycles. The van der Waals surface area contributed by atoms with Gasteiger partial charge in [-0.15, -0.1) is 0 Å². The van der Waals surface area contributed by atoms with Gasteiger partial charge in [0.2, 0.25) is 5.91 Å². The number of amides is 1. The Kier molecular flexibility index (Phi) is 4.13. The molecule has 0 radical (unpaired) electrons. The number of carbonyl (C=O) groups is 1. The zero-order valence-electron chi connectivity index (χ0n) is 12.1. The van der Waals surface area contributed by atoms with Gasteiger partial charge in [-0.05, 0) is 26.0 Å². The largest absolute Gasteiger partial charge is 0.408 e. The van der Waals surface area contributed by atoms with Gasteiger partial charge in [-0.3, -0.25) is 4.79 Å². The first-order valence-corrected chi connectivity index (χ1v) is 6.63. The minimum atomic E-state index is -4.62. The molecule has 0 fully saturated rings. The number of halogens is 3. The Morgan fingerprint density at radius 1 is 1.41 bits per heavy atom. The van der Waals surface area contributed by atoms with Gasteiger partial charge in [0, 0.05) is 23.1 Å². The van der Waals surface area contributed by atoms with Crippen LogP contribution in [-0.2, 0) is 17.5 Å². The van der Waals surface area contributed by atoms with Crippen LogP contribution in [0.15, 0.2) is 18.2 Å². The van der Waals surface area contributed by atoms with Gasteiger partial charge in [0.05, 0.1) is 12.1 Å². The maximum Gasteiger partial charge on any atom is 0.408 e. The lowest BCUT2D eigenvalue weighted by molar-refractivity contribution is -0.135. The molecule has 1 aromatic heterocycles. The van der Waals surface area contributed by atoms with Crippen molar-refractivity contribution in [1.29, 1.82) is 0 Å². The summed E-state index contributed by atoms with van der Waals surface area (Å²) in [5, 5.41) is 2.56. The van der Waals surface area contributed by atoms with Crippen LogP contribution < -0.4 is 5.32 Å². The summed E-state index contributed by atoms with van der Waals surface area (Å²) in [6.45, 7) is 10.7. The van der Waals surface area contributed by atoms with E-state index in [2.05, 4.69) is 10.2 Å². The van der Waals surface area contributed by atoms with E-state index in [1.165, 1.54) is 16.7 Å². The van der Waals surface area contributed by atoms with Crippen LogP contribution in [-0.4, -0.2) is 17.0 Å². The maximum atomic E-state index is 13.3. The Morgan fingerprint density at radius 2 is 2.09 bits per heavy atom. The van der Waals surface area contributed by atoms with E-state index in [1.54, 1.807) is 13.8 Å². The first kappa shape index (κ1) is 15.9. The molecule has 116 valence electrons. The molecule has 0 saturated carbocycles. The molecule has 4 nitrogen and oxygen atoms in total. The molecular weight excluding hydrogens is 295 g/mol. The molecule has 0 atom stereocenters. The van der Waals surface area contributed by atoms with Crippen LogP contribution in [0.4, 0.5) is 18.9 Å².